The summed E-state index contributed by atoms with van der Waals surface area (Å²) in [5.74, 6) is 0.344. The maximum Gasteiger partial charge on any atom is 0.417 e. The van der Waals surface area contributed by atoms with Gasteiger partial charge in [0.05, 0.1) is 26.7 Å². The molecule has 0 spiro atoms. The second kappa shape index (κ2) is 7.74. The first-order valence-corrected chi connectivity index (χ1v) is 10.8. The quantitative estimate of drug-likeness (QED) is 0.337. The highest BCUT2D eigenvalue weighted by atomic mass is 127. The maximum atomic E-state index is 13.5. The van der Waals surface area contributed by atoms with E-state index in [0.29, 0.717) is 28.0 Å². The van der Waals surface area contributed by atoms with E-state index in [0.717, 1.165) is 6.07 Å². The van der Waals surface area contributed by atoms with Crippen LogP contribution in [0, 0.1) is 3.57 Å². The molecular formula is C16H14Br2F3IN4O2. The zero-order valence-corrected chi connectivity index (χ0v) is 19.9. The molecule has 1 fully saturated rings. The molecule has 1 N–H and O–H groups in total. The monoisotopic (exact) mass is 636 g/mol. The van der Waals surface area contributed by atoms with Gasteiger partial charge >= 0.3 is 12.3 Å². The first-order chi connectivity index (χ1) is 12.9. The third kappa shape index (κ3) is 3.91. The van der Waals surface area contributed by atoms with E-state index in [4.69, 9.17) is 0 Å². The Morgan fingerprint density at radius 1 is 1.25 bits per heavy atom. The molecule has 1 aliphatic rings. The molecule has 28 heavy (non-hydrogen) atoms. The third-order valence-electron chi connectivity index (χ3n) is 4.57. The van der Waals surface area contributed by atoms with Crippen molar-refractivity contribution in [1.82, 2.24) is 14.9 Å². The first kappa shape index (κ1) is 21.8. The molecule has 2 aromatic rings. The fraction of sp³-hybridized carbons (Fsp3) is 0.438. The molecule has 1 aromatic carbocycles. The molecule has 6 nitrogen and oxygen atoms in total. The van der Waals surface area contributed by atoms with Gasteiger partial charge in [-0.3, -0.25) is 4.90 Å². The summed E-state index contributed by atoms with van der Waals surface area (Å²) in [5.41, 5.74) is -0.417. The molecule has 0 radical (unpaired) electrons. The van der Waals surface area contributed by atoms with E-state index in [-0.39, 0.29) is 26.7 Å². The largest absolute Gasteiger partial charge is 0.465 e. The minimum Gasteiger partial charge on any atom is -0.465 e. The maximum absolute atomic E-state index is 13.5. The lowest BCUT2D eigenvalue weighted by molar-refractivity contribution is -0.138. The highest BCUT2D eigenvalue weighted by molar-refractivity contribution is 14.1. The van der Waals surface area contributed by atoms with Crippen molar-refractivity contribution in [2.24, 2.45) is 0 Å². The summed E-state index contributed by atoms with van der Waals surface area (Å²) in [5, 5.41) is 9.66. The van der Waals surface area contributed by atoms with E-state index < -0.39 is 17.8 Å². The van der Waals surface area contributed by atoms with Crippen LogP contribution in [0.5, 0.6) is 0 Å². The number of nitrogens with zero attached hydrogens (tertiary/aromatic N) is 4. The number of amides is 1. The van der Waals surface area contributed by atoms with Crippen LogP contribution in [0.1, 0.15) is 19.4 Å². The third-order valence-corrected chi connectivity index (χ3v) is 7.54. The summed E-state index contributed by atoms with van der Waals surface area (Å²) >= 11 is 8.10. The van der Waals surface area contributed by atoms with E-state index in [1.807, 2.05) is 27.5 Å². The van der Waals surface area contributed by atoms with Crippen molar-refractivity contribution in [3.05, 3.63) is 24.4 Å². The number of anilines is 1. The fourth-order valence-corrected chi connectivity index (χ4v) is 5.06. The van der Waals surface area contributed by atoms with Crippen molar-refractivity contribution >= 4 is 77.3 Å². The number of carbonyl (C=O) groups is 1. The average molecular weight is 638 g/mol. The summed E-state index contributed by atoms with van der Waals surface area (Å²) in [6.45, 7) is 4.14. The van der Waals surface area contributed by atoms with E-state index in [9.17, 15) is 23.1 Å². The van der Waals surface area contributed by atoms with Gasteiger partial charge in [0.1, 0.15) is 5.82 Å². The zero-order chi connectivity index (χ0) is 21.0. The molecule has 12 heteroatoms. The molecule has 1 aromatic heterocycles. The number of aromatic nitrogens is 2. The molecule has 1 amide bonds. The van der Waals surface area contributed by atoms with Crippen molar-refractivity contribution in [2.45, 2.75) is 32.1 Å². The molecule has 0 unspecified atom stereocenters. The smallest absolute Gasteiger partial charge is 0.417 e. The number of benzene rings is 1. The number of alkyl halides is 3. The second-order valence-electron chi connectivity index (χ2n) is 6.56. The Kier molecular flexibility index (Phi) is 6.03. The van der Waals surface area contributed by atoms with Gasteiger partial charge in [0.15, 0.2) is 4.73 Å². The number of halogens is 6. The number of rotatable bonds is 1. The predicted octanol–water partition coefficient (Wildman–Crippen LogP) is 5.36. The van der Waals surface area contributed by atoms with Gasteiger partial charge in [-0.2, -0.15) is 13.2 Å². The first-order valence-electron chi connectivity index (χ1n) is 8.10. The van der Waals surface area contributed by atoms with Crippen LogP contribution in [-0.2, 0) is 6.18 Å². The highest BCUT2D eigenvalue weighted by Crippen LogP contribution is 2.42. The second-order valence-corrected chi connectivity index (χ2v) is 9.14. The number of piperazine rings is 1. The van der Waals surface area contributed by atoms with Gasteiger partial charge in [-0.05, 0) is 74.4 Å². The average Bonchev–Trinajstić information content (AvgIpc) is 2.55. The lowest BCUT2D eigenvalue weighted by Crippen LogP contribution is -2.58. The summed E-state index contributed by atoms with van der Waals surface area (Å²) in [4.78, 5) is 23.2. The molecule has 2 atom stereocenters. The molecule has 0 bridgehead atoms. The molecule has 0 aliphatic carbocycles. The van der Waals surface area contributed by atoms with Gasteiger partial charge < -0.3 is 10.0 Å². The van der Waals surface area contributed by atoms with Gasteiger partial charge in [0, 0.05) is 22.9 Å². The fourth-order valence-electron chi connectivity index (χ4n) is 3.48. The molecule has 1 saturated heterocycles. The van der Waals surface area contributed by atoms with E-state index >= 15 is 0 Å². The zero-order valence-electron chi connectivity index (χ0n) is 14.6. The number of fused-ring (bicyclic) bond motifs is 1. The van der Waals surface area contributed by atoms with Crippen LogP contribution in [0.15, 0.2) is 15.3 Å². The van der Waals surface area contributed by atoms with Gasteiger partial charge in [-0.15, -0.1) is 0 Å². The van der Waals surface area contributed by atoms with Crippen molar-refractivity contribution in [2.75, 3.05) is 18.0 Å². The van der Waals surface area contributed by atoms with Crippen LogP contribution in [0.3, 0.4) is 0 Å². The Balaban J connectivity index is 2.19. The van der Waals surface area contributed by atoms with Crippen molar-refractivity contribution in [3.63, 3.8) is 0 Å². The number of hydrogen-bond donors (Lipinski definition) is 1. The number of carboxylic acid groups (broad SMARTS) is 1. The van der Waals surface area contributed by atoms with Crippen LogP contribution >= 0.6 is 54.5 Å². The summed E-state index contributed by atoms with van der Waals surface area (Å²) < 4.78 is 41.0. The van der Waals surface area contributed by atoms with E-state index in [1.54, 1.807) is 13.8 Å². The Bertz CT molecular complexity index is 948. The molecular weight excluding hydrogens is 624 g/mol. The van der Waals surface area contributed by atoms with Crippen LogP contribution in [0.2, 0.25) is 0 Å². The van der Waals surface area contributed by atoms with Crippen molar-refractivity contribution < 1.29 is 23.1 Å². The van der Waals surface area contributed by atoms with Crippen LogP contribution in [0.25, 0.3) is 10.9 Å². The van der Waals surface area contributed by atoms with Gasteiger partial charge in [0.2, 0.25) is 0 Å². The minimum absolute atomic E-state index is 0.0675. The topological polar surface area (TPSA) is 69.6 Å². The normalized spacial score (nSPS) is 20.7. The molecule has 152 valence electrons. The van der Waals surface area contributed by atoms with Crippen LogP contribution < -0.4 is 4.90 Å². The van der Waals surface area contributed by atoms with E-state index in [2.05, 4.69) is 41.8 Å². The Labute approximate surface area is 188 Å². The lowest BCUT2D eigenvalue weighted by Gasteiger charge is -2.43. The summed E-state index contributed by atoms with van der Waals surface area (Å²) in [7, 11) is 0. The van der Waals surface area contributed by atoms with Crippen LogP contribution in [0.4, 0.5) is 23.8 Å². The van der Waals surface area contributed by atoms with Crippen LogP contribution in [-0.4, -0.2) is 51.2 Å². The predicted molar refractivity (Wildman–Crippen MR) is 114 cm³/mol. The minimum atomic E-state index is -4.54. The number of hydrogen-bond acceptors (Lipinski definition) is 4. The van der Waals surface area contributed by atoms with Gasteiger partial charge in [-0.25, -0.2) is 14.8 Å². The Hall–Kier alpha value is -0.890. The lowest BCUT2D eigenvalue weighted by atomic mass is 10.1. The summed E-state index contributed by atoms with van der Waals surface area (Å²) in [6, 6.07) is 0.353. The van der Waals surface area contributed by atoms with Gasteiger partial charge in [0.25, 0.3) is 0 Å². The molecule has 1 aliphatic heterocycles. The molecule has 0 saturated carbocycles. The summed E-state index contributed by atoms with van der Waals surface area (Å²) in [6.07, 6.45) is -5.56. The molecule has 3 rings (SSSR count). The Morgan fingerprint density at radius 3 is 2.32 bits per heavy atom. The van der Waals surface area contributed by atoms with E-state index in [1.165, 1.54) is 4.90 Å². The Morgan fingerprint density at radius 2 is 1.82 bits per heavy atom. The van der Waals surface area contributed by atoms with Gasteiger partial charge in [-0.1, -0.05) is 0 Å². The standard InChI is InChI=1S/C16H14Br2F3IN4O2/c1-6-4-25(5-7(2)26(6)15(27)28)13-8-3-9(16(19,20)21)10(17)11(22)12(8)23-14(18)24-13/h3,6-7H,4-5H2,1-2H3,(H,27,28)/t6-,7+. The highest BCUT2D eigenvalue weighted by Gasteiger charge is 2.37. The SMILES string of the molecule is C[C@@H]1CN(c2nc(Br)nc3c(I)c(Br)c(C(F)(F)F)cc23)C[C@H](C)N1C(=O)O. The van der Waals surface area contributed by atoms with Crippen molar-refractivity contribution in [1.29, 1.82) is 0 Å². The molecule has 2 heterocycles. The van der Waals surface area contributed by atoms with Crippen molar-refractivity contribution in [3.8, 4) is 0 Å².